The molecule has 29 heavy (non-hydrogen) atoms. The number of alkyl halides is 3. The smallest absolute Gasteiger partial charge is 0.406 e. The number of sulfone groups is 1. The fourth-order valence-electron chi connectivity index (χ4n) is 2.41. The number of ether oxygens (including phenoxy) is 1. The Morgan fingerprint density at radius 2 is 1.72 bits per heavy atom. The van der Waals surface area contributed by atoms with Gasteiger partial charge in [0.15, 0.2) is 15.6 Å². The van der Waals surface area contributed by atoms with Crippen molar-refractivity contribution in [1.82, 2.24) is 5.16 Å². The van der Waals surface area contributed by atoms with Crippen LogP contribution in [0.4, 0.5) is 13.2 Å². The molecular weight excluding hydrogens is 411 g/mol. The van der Waals surface area contributed by atoms with Crippen molar-refractivity contribution in [3.63, 3.8) is 0 Å². The van der Waals surface area contributed by atoms with Crippen molar-refractivity contribution < 1.29 is 35.6 Å². The molecule has 0 bridgehead atoms. The van der Waals surface area contributed by atoms with E-state index < -0.39 is 37.4 Å². The minimum Gasteiger partial charge on any atom is -0.406 e. The van der Waals surface area contributed by atoms with E-state index in [1.54, 1.807) is 6.07 Å². The fraction of sp³-hybridized carbons (Fsp3) is 0.474. The molecule has 160 valence electrons. The van der Waals surface area contributed by atoms with E-state index in [-0.39, 0.29) is 17.5 Å². The second-order valence-corrected chi connectivity index (χ2v) is 10.6. The monoisotopic (exact) mass is 433 g/mol. The molecule has 1 aromatic heterocycles. The number of ketones is 1. The molecule has 0 atom stereocenters. The summed E-state index contributed by atoms with van der Waals surface area (Å²) in [6.45, 7) is 8.08. The first-order valence-electron chi connectivity index (χ1n) is 8.64. The Bertz CT molecular complexity index is 1000. The van der Waals surface area contributed by atoms with Crippen LogP contribution in [0, 0.1) is 0 Å². The van der Waals surface area contributed by atoms with Crippen LogP contribution < -0.4 is 4.74 Å². The molecule has 0 radical (unpaired) electrons. The van der Waals surface area contributed by atoms with Gasteiger partial charge in [-0.2, -0.15) is 0 Å². The standard InChI is InChI=1S/C19H22F3NO5S/c1-17(2,3)16-10-12(23-28-16)9-15(24)18(4,5)29(25,26)14-8-6-7-13(11-14)27-19(20,21)22/h6-8,10-11H,9H2,1-5H3. The number of halogens is 3. The number of hydrogen-bond donors (Lipinski definition) is 0. The van der Waals surface area contributed by atoms with Crippen LogP contribution in [0.15, 0.2) is 39.8 Å². The molecule has 0 fully saturated rings. The van der Waals surface area contributed by atoms with Crippen molar-refractivity contribution in [2.24, 2.45) is 0 Å². The highest BCUT2D eigenvalue weighted by Crippen LogP contribution is 2.32. The summed E-state index contributed by atoms with van der Waals surface area (Å²) < 4.78 is 70.2. The van der Waals surface area contributed by atoms with Crippen LogP contribution >= 0.6 is 0 Å². The van der Waals surface area contributed by atoms with Crippen LogP contribution in [-0.2, 0) is 26.5 Å². The highest BCUT2D eigenvalue weighted by molar-refractivity contribution is 7.93. The Labute approximate surface area is 167 Å². The van der Waals surface area contributed by atoms with E-state index >= 15 is 0 Å². The van der Waals surface area contributed by atoms with Crippen LogP contribution in [0.3, 0.4) is 0 Å². The Morgan fingerprint density at radius 3 is 2.24 bits per heavy atom. The van der Waals surface area contributed by atoms with Crippen LogP contribution in [0.1, 0.15) is 46.1 Å². The van der Waals surface area contributed by atoms with Gasteiger partial charge in [-0.3, -0.25) is 4.79 Å². The molecule has 6 nitrogen and oxygen atoms in total. The van der Waals surface area contributed by atoms with Gasteiger partial charge in [0.05, 0.1) is 17.0 Å². The predicted molar refractivity (Wildman–Crippen MR) is 98.3 cm³/mol. The molecule has 1 aromatic carbocycles. The highest BCUT2D eigenvalue weighted by Gasteiger charge is 2.43. The largest absolute Gasteiger partial charge is 0.573 e. The van der Waals surface area contributed by atoms with Gasteiger partial charge in [0, 0.05) is 11.5 Å². The number of rotatable bonds is 6. The van der Waals surface area contributed by atoms with Crippen molar-refractivity contribution >= 4 is 15.6 Å². The summed E-state index contributed by atoms with van der Waals surface area (Å²) >= 11 is 0. The number of nitrogens with zero attached hydrogens (tertiary/aromatic N) is 1. The molecular formula is C19H22F3NO5S. The summed E-state index contributed by atoms with van der Waals surface area (Å²) in [6.07, 6.45) is -5.27. The van der Waals surface area contributed by atoms with Crippen LogP contribution in [0.25, 0.3) is 0 Å². The van der Waals surface area contributed by atoms with E-state index in [4.69, 9.17) is 4.52 Å². The Kier molecular flexibility index (Phi) is 5.91. The quantitative estimate of drug-likeness (QED) is 0.678. The van der Waals surface area contributed by atoms with Gasteiger partial charge < -0.3 is 9.26 Å². The third-order valence-corrected chi connectivity index (χ3v) is 6.78. The number of aromatic nitrogens is 1. The van der Waals surface area contributed by atoms with E-state index in [0.717, 1.165) is 24.3 Å². The zero-order chi connectivity index (χ0) is 22.3. The number of Topliss-reactive ketones (excluding diaryl/α,β-unsaturated/α-hetero) is 1. The Morgan fingerprint density at radius 1 is 1.10 bits per heavy atom. The predicted octanol–water partition coefficient (Wildman–Crippen LogP) is 4.23. The molecule has 0 saturated carbocycles. The molecule has 0 amide bonds. The first-order chi connectivity index (χ1) is 13.0. The molecule has 0 spiro atoms. The summed E-state index contributed by atoms with van der Waals surface area (Å²) in [6, 6.07) is 5.53. The average Bonchev–Trinajstić information content (AvgIpc) is 3.02. The van der Waals surface area contributed by atoms with E-state index in [1.807, 2.05) is 20.8 Å². The Balaban J connectivity index is 2.30. The van der Waals surface area contributed by atoms with Gasteiger partial charge in [0.25, 0.3) is 0 Å². The zero-order valence-corrected chi connectivity index (χ0v) is 17.4. The zero-order valence-electron chi connectivity index (χ0n) is 16.6. The topological polar surface area (TPSA) is 86.5 Å². The summed E-state index contributed by atoms with van der Waals surface area (Å²) in [7, 11) is -4.31. The fourth-order valence-corrected chi connectivity index (χ4v) is 3.90. The van der Waals surface area contributed by atoms with Crippen LogP contribution in [0.5, 0.6) is 5.75 Å². The SMILES string of the molecule is CC(C)(C)c1cc(CC(=O)C(C)(C)S(=O)(=O)c2cccc(OC(F)(F)F)c2)no1. The molecule has 0 aliphatic carbocycles. The summed E-state index contributed by atoms with van der Waals surface area (Å²) in [5.41, 5.74) is -0.0631. The van der Waals surface area contributed by atoms with Gasteiger partial charge in [-0.05, 0) is 32.0 Å². The van der Waals surface area contributed by atoms with Gasteiger partial charge in [-0.15, -0.1) is 13.2 Å². The Hall–Kier alpha value is -2.36. The van der Waals surface area contributed by atoms with Gasteiger partial charge in [0.2, 0.25) is 0 Å². The summed E-state index contributed by atoms with van der Waals surface area (Å²) in [5, 5.41) is 3.81. The van der Waals surface area contributed by atoms with Crippen molar-refractivity contribution in [3.05, 3.63) is 41.8 Å². The summed E-state index contributed by atoms with van der Waals surface area (Å²) in [4.78, 5) is 12.3. The van der Waals surface area contributed by atoms with Gasteiger partial charge in [-0.25, -0.2) is 8.42 Å². The van der Waals surface area contributed by atoms with E-state index in [1.165, 1.54) is 13.8 Å². The maximum Gasteiger partial charge on any atom is 0.573 e. The molecule has 2 aromatic rings. The third kappa shape index (κ3) is 5.17. The molecule has 0 aliphatic rings. The maximum absolute atomic E-state index is 13.0. The van der Waals surface area contributed by atoms with E-state index in [0.29, 0.717) is 5.76 Å². The van der Waals surface area contributed by atoms with E-state index in [9.17, 15) is 26.4 Å². The molecule has 0 N–H and O–H groups in total. The maximum atomic E-state index is 13.0. The van der Waals surface area contributed by atoms with Crippen molar-refractivity contribution in [2.45, 2.75) is 62.5 Å². The number of hydrogen-bond acceptors (Lipinski definition) is 6. The van der Waals surface area contributed by atoms with Crippen molar-refractivity contribution in [3.8, 4) is 5.75 Å². The van der Waals surface area contributed by atoms with Crippen LogP contribution in [0.2, 0.25) is 0 Å². The van der Waals surface area contributed by atoms with Gasteiger partial charge >= 0.3 is 6.36 Å². The first-order valence-corrected chi connectivity index (χ1v) is 10.1. The molecule has 2 rings (SSSR count). The molecule has 0 aliphatic heterocycles. The lowest BCUT2D eigenvalue weighted by Crippen LogP contribution is -2.41. The van der Waals surface area contributed by atoms with Crippen molar-refractivity contribution in [2.75, 3.05) is 0 Å². The molecule has 10 heteroatoms. The minimum absolute atomic E-state index is 0.275. The second kappa shape index (κ2) is 7.47. The normalized spacial score (nSPS) is 13.4. The minimum atomic E-state index is -4.97. The number of carbonyl (C=O) groups excluding carboxylic acids is 1. The summed E-state index contributed by atoms with van der Waals surface area (Å²) in [5.74, 6) is -0.820. The van der Waals surface area contributed by atoms with Crippen LogP contribution in [-0.4, -0.2) is 30.5 Å². The van der Waals surface area contributed by atoms with Gasteiger partial charge in [-0.1, -0.05) is 32.0 Å². The molecule has 0 unspecified atom stereocenters. The number of carbonyl (C=O) groups is 1. The van der Waals surface area contributed by atoms with Crippen molar-refractivity contribution in [1.29, 1.82) is 0 Å². The lowest BCUT2D eigenvalue weighted by Gasteiger charge is -2.23. The number of benzene rings is 1. The van der Waals surface area contributed by atoms with Gasteiger partial charge in [0.1, 0.15) is 16.3 Å². The molecule has 1 heterocycles. The lowest BCUT2D eigenvalue weighted by molar-refractivity contribution is -0.274. The van der Waals surface area contributed by atoms with E-state index in [2.05, 4.69) is 9.89 Å². The average molecular weight is 433 g/mol. The molecule has 0 saturated heterocycles. The second-order valence-electron chi connectivity index (χ2n) is 8.07. The third-order valence-electron chi connectivity index (χ3n) is 4.33. The lowest BCUT2D eigenvalue weighted by atomic mass is 9.92. The highest BCUT2D eigenvalue weighted by atomic mass is 32.2. The first kappa shape index (κ1) is 22.9.